The van der Waals surface area contributed by atoms with Crippen LogP contribution in [0.15, 0.2) is 63.0 Å². The van der Waals surface area contributed by atoms with Gasteiger partial charge in [0.2, 0.25) is 5.16 Å². The number of H-pyrrole nitrogens is 1. The molecule has 0 aliphatic rings. The van der Waals surface area contributed by atoms with E-state index in [9.17, 15) is 19.8 Å². The number of benzene rings is 2. The molecule has 4 rings (SSSR count). The Labute approximate surface area is 212 Å². The van der Waals surface area contributed by atoms with E-state index >= 15 is 0 Å². The van der Waals surface area contributed by atoms with Crippen molar-refractivity contribution in [3.63, 3.8) is 0 Å². The van der Waals surface area contributed by atoms with Gasteiger partial charge >= 0.3 is 11.9 Å². The Bertz CT molecular complexity index is 1460. The van der Waals surface area contributed by atoms with Gasteiger partial charge in [0.1, 0.15) is 22.2 Å². The molecule has 0 unspecified atom stereocenters. The zero-order valence-corrected chi connectivity index (χ0v) is 20.1. The maximum atomic E-state index is 11.9. The number of hydrogen-bond acceptors (Lipinski definition) is 7. The number of thioether (sulfide) groups is 1. The minimum Gasteiger partial charge on any atom is -0.496 e. The highest BCUT2D eigenvalue weighted by molar-refractivity contribution is 8.04. The van der Waals surface area contributed by atoms with Gasteiger partial charge in [-0.1, -0.05) is 23.2 Å². The Balaban J connectivity index is 1.61. The van der Waals surface area contributed by atoms with Gasteiger partial charge in [-0.15, -0.1) is 5.10 Å². The third kappa shape index (κ3) is 5.51. The molecule has 178 valence electrons. The summed E-state index contributed by atoms with van der Waals surface area (Å²) in [6, 6.07) is 12.3. The smallest absolute Gasteiger partial charge is 0.342 e. The third-order valence-corrected chi connectivity index (χ3v) is 6.11. The monoisotopic (exact) mass is 531 g/mol. The molecule has 0 atom stereocenters. The number of nitrogens with zero attached hydrogens (tertiary/aromatic N) is 2. The number of halogens is 2. The second-order valence-corrected chi connectivity index (χ2v) is 8.78. The van der Waals surface area contributed by atoms with Crippen molar-refractivity contribution in [3.8, 4) is 28.5 Å². The number of aromatic carboxylic acids is 1. The van der Waals surface area contributed by atoms with Crippen molar-refractivity contribution < 1.29 is 29.0 Å². The molecule has 0 fully saturated rings. The Hall–Kier alpha value is -3.73. The molecule has 0 aliphatic carbocycles. The molecule has 0 aliphatic heterocycles. The van der Waals surface area contributed by atoms with E-state index in [2.05, 4.69) is 15.2 Å². The van der Waals surface area contributed by atoms with Crippen molar-refractivity contribution in [3.05, 3.63) is 74.8 Å². The van der Waals surface area contributed by atoms with Crippen LogP contribution in [0.3, 0.4) is 0 Å². The Morgan fingerprint density at radius 1 is 1.09 bits per heavy atom. The van der Waals surface area contributed by atoms with Crippen LogP contribution in [-0.2, 0) is 4.79 Å². The first-order valence-electron chi connectivity index (χ1n) is 9.77. The number of nitrogens with one attached hydrogen (secondary N) is 1. The minimum atomic E-state index is -1.22. The molecule has 2 heterocycles. The van der Waals surface area contributed by atoms with E-state index in [1.54, 1.807) is 30.3 Å². The highest BCUT2D eigenvalue weighted by Gasteiger charge is 2.18. The lowest BCUT2D eigenvalue weighted by Crippen LogP contribution is -1.97. The summed E-state index contributed by atoms with van der Waals surface area (Å²) >= 11 is 13.1. The summed E-state index contributed by atoms with van der Waals surface area (Å²) in [6.45, 7) is 0. The summed E-state index contributed by atoms with van der Waals surface area (Å²) in [5.74, 6) is -0.957. The Kier molecular flexibility index (Phi) is 7.15. The fraction of sp³-hybridized carbons (Fsp3) is 0.0435. The van der Waals surface area contributed by atoms with Crippen molar-refractivity contribution in [2.45, 2.75) is 5.16 Å². The van der Waals surface area contributed by atoms with Crippen LogP contribution in [0.2, 0.25) is 10.0 Å². The SMILES string of the molecule is COc1ccc(Cl)cc1-c1nc(S/C(=C\c2ccc(-c3cc(C(=O)O)ccc3Cl)o2)C(=O)O)n[nH]1. The number of ether oxygens (including phenoxy) is 1. The Morgan fingerprint density at radius 2 is 1.89 bits per heavy atom. The molecular formula is C23H15Cl2N3O6S. The van der Waals surface area contributed by atoms with Gasteiger partial charge in [-0.2, -0.15) is 0 Å². The topological polar surface area (TPSA) is 139 Å². The largest absolute Gasteiger partial charge is 0.496 e. The molecule has 2 aromatic carbocycles. The maximum absolute atomic E-state index is 11.9. The summed E-state index contributed by atoms with van der Waals surface area (Å²) in [4.78, 5) is 27.3. The molecule has 0 amide bonds. The average Bonchev–Trinajstić information content (AvgIpc) is 3.48. The summed E-state index contributed by atoms with van der Waals surface area (Å²) in [5.41, 5.74) is 0.970. The molecule has 0 radical (unpaired) electrons. The lowest BCUT2D eigenvalue weighted by atomic mass is 10.1. The maximum Gasteiger partial charge on any atom is 0.342 e. The number of rotatable bonds is 8. The normalized spacial score (nSPS) is 11.5. The van der Waals surface area contributed by atoms with Crippen LogP contribution in [0.5, 0.6) is 5.75 Å². The number of carbonyl (C=O) groups is 2. The van der Waals surface area contributed by atoms with Gasteiger partial charge in [0, 0.05) is 16.7 Å². The number of methoxy groups -OCH3 is 1. The molecular weight excluding hydrogens is 517 g/mol. The molecule has 35 heavy (non-hydrogen) atoms. The average molecular weight is 532 g/mol. The zero-order chi connectivity index (χ0) is 25.1. The van der Waals surface area contributed by atoms with Crippen molar-refractivity contribution in [2.24, 2.45) is 0 Å². The summed E-state index contributed by atoms with van der Waals surface area (Å²) in [5, 5.41) is 26.6. The third-order valence-electron chi connectivity index (χ3n) is 4.67. The van der Waals surface area contributed by atoms with Crippen LogP contribution in [0.4, 0.5) is 0 Å². The van der Waals surface area contributed by atoms with E-state index in [0.29, 0.717) is 27.7 Å². The molecule has 0 saturated heterocycles. The fourth-order valence-corrected chi connectivity index (χ4v) is 4.13. The lowest BCUT2D eigenvalue weighted by molar-refractivity contribution is -0.131. The molecule has 0 spiro atoms. The van der Waals surface area contributed by atoms with E-state index in [4.69, 9.17) is 32.4 Å². The first kappa shape index (κ1) is 24.4. The van der Waals surface area contributed by atoms with E-state index < -0.39 is 11.9 Å². The predicted octanol–water partition coefficient (Wildman–Crippen LogP) is 5.96. The Morgan fingerprint density at radius 3 is 2.60 bits per heavy atom. The van der Waals surface area contributed by atoms with Crippen LogP contribution >= 0.6 is 35.0 Å². The van der Waals surface area contributed by atoms with Gasteiger partial charge in [0.15, 0.2) is 5.82 Å². The second-order valence-electron chi connectivity index (χ2n) is 6.93. The fourth-order valence-electron chi connectivity index (χ4n) is 3.06. The van der Waals surface area contributed by atoms with Crippen LogP contribution in [0, 0.1) is 0 Å². The first-order valence-corrected chi connectivity index (χ1v) is 11.3. The molecule has 4 aromatic rings. The molecule has 0 saturated carbocycles. The van der Waals surface area contributed by atoms with E-state index in [1.165, 1.54) is 31.4 Å². The quantitative estimate of drug-likeness (QED) is 0.185. The van der Waals surface area contributed by atoms with Gasteiger partial charge in [0.25, 0.3) is 0 Å². The van der Waals surface area contributed by atoms with Crippen molar-refractivity contribution in [2.75, 3.05) is 7.11 Å². The molecule has 0 bridgehead atoms. The minimum absolute atomic E-state index is 0.0383. The van der Waals surface area contributed by atoms with Crippen LogP contribution in [-0.4, -0.2) is 44.4 Å². The molecule has 3 N–H and O–H groups in total. The van der Waals surface area contributed by atoms with Gasteiger partial charge in [-0.05, 0) is 60.3 Å². The van der Waals surface area contributed by atoms with Crippen molar-refractivity contribution in [1.29, 1.82) is 0 Å². The van der Waals surface area contributed by atoms with Crippen LogP contribution < -0.4 is 4.74 Å². The van der Waals surface area contributed by atoms with Gasteiger partial charge in [-0.3, -0.25) is 5.10 Å². The highest BCUT2D eigenvalue weighted by Crippen LogP contribution is 2.34. The van der Waals surface area contributed by atoms with Gasteiger partial charge in [0.05, 0.1) is 23.3 Å². The summed E-state index contributed by atoms with van der Waals surface area (Å²) in [7, 11) is 1.51. The number of carboxylic acids is 2. The first-order chi connectivity index (χ1) is 16.7. The van der Waals surface area contributed by atoms with E-state index in [1.807, 2.05) is 0 Å². The van der Waals surface area contributed by atoms with Crippen LogP contribution in [0.1, 0.15) is 16.1 Å². The highest BCUT2D eigenvalue weighted by atomic mass is 35.5. The van der Waals surface area contributed by atoms with Gasteiger partial charge in [-0.25, -0.2) is 14.6 Å². The zero-order valence-electron chi connectivity index (χ0n) is 17.8. The lowest BCUT2D eigenvalue weighted by Gasteiger charge is -2.05. The predicted molar refractivity (Wildman–Crippen MR) is 131 cm³/mol. The van der Waals surface area contributed by atoms with E-state index in [0.717, 1.165) is 11.8 Å². The number of carboxylic acid groups (broad SMARTS) is 2. The van der Waals surface area contributed by atoms with Crippen LogP contribution in [0.25, 0.3) is 28.8 Å². The summed E-state index contributed by atoms with van der Waals surface area (Å²) in [6.07, 6.45) is 1.31. The second kappa shape index (κ2) is 10.3. The number of hydrogen-bond donors (Lipinski definition) is 3. The van der Waals surface area contributed by atoms with E-state index in [-0.39, 0.29) is 32.2 Å². The number of aromatic amines is 1. The molecule has 9 nitrogen and oxygen atoms in total. The summed E-state index contributed by atoms with van der Waals surface area (Å²) < 4.78 is 11.0. The molecule has 12 heteroatoms. The number of aliphatic carboxylic acids is 1. The van der Waals surface area contributed by atoms with Crippen molar-refractivity contribution >= 4 is 53.0 Å². The van der Waals surface area contributed by atoms with Crippen molar-refractivity contribution in [1.82, 2.24) is 15.2 Å². The number of furan rings is 1. The standard InChI is InChI=1S/C23H15Cl2N3O6S/c1-33-17-6-3-12(24)9-15(17)20-26-23(28-27-20)35-19(22(31)32)10-13-4-7-18(34-13)14-8-11(21(29)30)2-5-16(14)25/h2-10H,1H3,(H,29,30)(H,31,32)(H,26,27,28)/b19-10-. The number of aromatic nitrogens is 3. The van der Waals surface area contributed by atoms with Gasteiger partial charge < -0.3 is 19.4 Å². The molecule has 2 aromatic heterocycles.